The molecule has 0 radical (unpaired) electrons. The molecular formula is C48H92O6. The smallest absolute Gasteiger partial charge is 0.306 e. The van der Waals surface area contributed by atoms with Crippen LogP contribution in [0.1, 0.15) is 279 Å². The normalized spacial score (nSPS) is 13.8. The number of esters is 3. The Morgan fingerprint density at radius 2 is 0.574 bits per heavy atom. The molecule has 0 saturated carbocycles. The second-order valence-corrected chi connectivity index (χ2v) is 15.6. The van der Waals surface area contributed by atoms with E-state index in [-0.39, 0.29) is 19.3 Å². The number of ether oxygens (including phenoxy) is 3. The van der Waals surface area contributed by atoms with Crippen LogP contribution in [0.25, 0.3) is 0 Å². The molecule has 0 unspecified atom stereocenters. The van der Waals surface area contributed by atoms with Crippen molar-refractivity contribution >= 4 is 17.9 Å². The standard InChI is InChI=1S/C48H92O6/c1-4-7-10-13-16-19-22-25-28-31-34-37-40-46(49)52-43-45(54-48(51)42-39-36-33-30-27-24-21-18-15-12-9-6-3)44-53-47(50)41-38-35-32-29-26-23-20-17-14-11-8-5-2/h45H,4-44H2,1-3H3/i37D2,38D2,39D2. The van der Waals surface area contributed by atoms with Crippen molar-refractivity contribution in [3.8, 4) is 0 Å². The van der Waals surface area contributed by atoms with Gasteiger partial charge in [0.15, 0.2) is 6.10 Å². The van der Waals surface area contributed by atoms with Gasteiger partial charge >= 0.3 is 17.9 Å². The molecule has 0 rings (SSSR count). The minimum atomic E-state index is -1.80. The summed E-state index contributed by atoms with van der Waals surface area (Å²) in [6.07, 6.45) is 26.3. The summed E-state index contributed by atoms with van der Waals surface area (Å²) >= 11 is 0. The number of hydrogen-bond donors (Lipinski definition) is 0. The van der Waals surface area contributed by atoms with Crippen LogP contribution >= 0.6 is 0 Å². The number of carbonyl (C=O) groups is 3. The Hall–Kier alpha value is -1.59. The van der Waals surface area contributed by atoms with Gasteiger partial charge in [-0.25, -0.2) is 0 Å². The third kappa shape index (κ3) is 41.6. The van der Waals surface area contributed by atoms with Gasteiger partial charge in [0.25, 0.3) is 0 Å². The van der Waals surface area contributed by atoms with Gasteiger partial charge in [0.2, 0.25) is 0 Å². The quantitative estimate of drug-likeness (QED) is 0.0349. The van der Waals surface area contributed by atoms with E-state index < -0.39 is 75.6 Å². The van der Waals surface area contributed by atoms with Crippen LogP contribution in [0.5, 0.6) is 0 Å². The maximum Gasteiger partial charge on any atom is 0.306 e. The van der Waals surface area contributed by atoms with Gasteiger partial charge in [-0.2, -0.15) is 0 Å². The molecule has 0 aromatic rings. The van der Waals surface area contributed by atoms with Crippen LogP contribution in [-0.2, 0) is 28.6 Å². The van der Waals surface area contributed by atoms with E-state index in [9.17, 15) is 14.4 Å². The van der Waals surface area contributed by atoms with E-state index >= 15 is 0 Å². The second-order valence-electron chi connectivity index (χ2n) is 15.6. The Bertz CT molecular complexity index is 989. The zero-order valence-electron chi connectivity index (χ0n) is 41.9. The highest BCUT2D eigenvalue weighted by Gasteiger charge is 2.19. The molecule has 0 aromatic carbocycles. The molecule has 0 saturated heterocycles. The summed E-state index contributed by atoms with van der Waals surface area (Å²) in [5.74, 6) is -2.45. The first-order valence-corrected chi connectivity index (χ1v) is 23.2. The molecule has 0 bridgehead atoms. The average molecular weight is 771 g/mol. The fourth-order valence-electron chi connectivity index (χ4n) is 6.60. The lowest BCUT2D eigenvalue weighted by Gasteiger charge is -2.18. The van der Waals surface area contributed by atoms with Crippen LogP contribution in [0.4, 0.5) is 0 Å². The lowest BCUT2D eigenvalue weighted by atomic mass is 10.0. The third-order valence-electron chi connectivity index (χ3n) is 10.1. The van der Waals surface area contributed by atoms with E-state index in [1.54, 1.807) is 0 Å². The molecular weight excluding hydrogens is 673 g/mol. The van der Waals surface area contributed by atoms with Crippen molar-refractivity contribution in [3.05, 3.63) is 0 Å². The molecule has 0 aliphatic carbocycles. The maximum atomic E-state index is 13.0. The summed E-state index contributed by atoms with van der Waals surface area (Å²) in [5.41, 5.74) is 0. The lowest BCUT2D eigenvalue weighted by Crippen LogP contribution is -2.30. The van der Waals surface area contributed by atoms with Gasteiger partial charge in [-0.15, -0.1) is 0 Å². The fraction of sp³-hybridized carbons (Fsp3) is 0.938. The number of rotatable bonds is 44. The molecule has 0 aliphatic heterocycles. The molecule has 54 heavy (non-hydrogen) atoms. The summed E-state index contributed by atoms with van der Waals surface area (Å²) in [6.45, 7) is 5.65. The highest BCUT2D eigenvalue weighted by Crippen LogP contribution is 2.16. The van der Waals surface area contributed by atoms with Crippen LogP contribution in [0.15, 0.2) is 0 Å². The van der Waals surface area contributed by atoms with E-state index in [0.717, 1.165) is 57.8 Å². The minimum Gasteiger partial charge on any atom is -0.462 e. The number of unbranched alkanes of at least 4 members (excludes halogenated alkanes) is 27. The zero-order valence-corrected chi connectivity index (χ0v) is 35.9. The van der Waals surface area contributed by atoms with E-state index in [2.05, 4.69) is 20.8 Å². The van der Waals surface area contributed by atoms with E-state index in [4.69, 9.17) is 22.4 Å². The van der Waals surface area contributed by atoms with Crippen molar-refractivity contribution in [2.45, 2.75) is 277 Å². The topological polar surface area (TPSA) is 78.9 Å². The molecule has 0 atom stereocenters. The van der Waals surface area contributed by atoms with Crippen LogP contribution in [0.2, 0.25) is 0 Å². The first kappa shape index (κ1) is 42.0. The molecule has 6 nitrogen and oxygen atoms in total. The molecule has 0 spiro atoms. The predicted octanol–water partition coefficient (Wildman–Crippen LogP) is 15.3. The molecule has 320 valence electrons. The Labute approximate surface area is 344 Å². The molecule has 0 heterocycles. The Morgan fingerprint density at radius 1 is 0.352 bits per heavy atom. The molecule has 0 amide bonds. The SMILES string of the molecule is [2H]C([2H])(CCCCCCCCCCCC)CC(=O)OCC(COC(=O)CC([2H])([2H])CCCCCCCCCCCC)OC(=O)CC([2H])([2H])CCCCCCCCCCCC. The molecule has 0 aliphatic rings. The predicted molar refractivity (Wildman–Crippen MR) is 229 cm³/mol. The highest BCUT2D eigenvalue weighted by molar-refractivity contribution is 5.71. The van der Waals surface area contributed by atoms with Crippen LogP contribution in [-0.4, -0.2) is 37.2 Å². The summed E-state index contributed by atoms with van der Waals surface area (Å²) in [4.78, 5) is 38.5. The number of carbonyl (C=O) groups excluding carboxylic acids is 3. The van der Waals surface area contributed by atoms with Crippen molar-refractivity contribution in [1.82, 2.24) is 0 Å². The van der Waals surface area contributed by atoms with E-state index in [0.29, 0.717) is 19.3 Å². The Balaban J connectivity index is 4.97. The second kappa shape index (κ2) is 44.1. The molecule has 6 heteroatoms. The monoisotopic (exact) mass is 771 g/mol. The third-order valence-corrected chi connectivity index (χ3v) is 10.1. The fourth-order valence-corrected chi connectivity index (χ4v) is 6.60. The van der Waals surface area contributed by atoms with E-state index in [1.807, 2.05) is 0 Å². The first-order valence-electron chi connectivity index (χ1n) is 26.2. The Morgan fingerprint density at radius 3 is 0.833 bits per heavy atom. The van der Waals surface area contributed by atoms with Crippen LogP contribution in [0.3, 0.4) is 0 Å². The number of hydrogen-bond acceptors (Lipinski definition) is 6. The van der Waals surface area contributed by atoms with Gasteiger partial charge in [0, 0.05) is 27.5 Å². The largest absolute Gasteiger partial charge is 0.462 e. The summed E-state index contributed by atoms with van der Waals surface area (Å²) < 4.78 is 66.5. The van der Waals surface area contributed by atoms with Gasteiger partial charge in [0.1, 0.15) is 13.2 Å². The van der Waals surface area contributed by atoms with E-state index in [1.165, 1.54) is 116 Å². The van der Waals surface area contributed by atoms with Crippen molar-refractivity contribution in [2.24, 2.45) is 0 Å². The van der Waals surface area contributed by atoms with Crippen molar-refractivity contribution in [2.75, 3.05) is 13.2 Å². The Kier molecular flexibility index (Phi) is 34.3. The van der Waals surface area contributed by atoms with Gasteiger partial charge in [-0.05, 0) is 19.1 Å². The summed E-state index contributed by atoms with van der Waals surface area (Å²) in [6, 6.07) is 0. The zero-order chi connectivity index (χ0) is 44.8. The first-order chi connectivity index (χ1) is 28.6. The minimum absolute atomic E-state index is 0.204. The lowest BCUT2D eigenvalue weighted by molar-refractivity contribution is -0.167. The van der Waals surface area contributed by atoms with Crippen molar-refractivity contribution < 1.29 is 36.8 Å². The molecule has 0 aromatic heterocycles. The summed E-state index contributed by atoms with van der Waals surface area (Å²) in [7, 11) is 0. The van der Waals surface area contributed by atoms with Gasteiger partial charge in [-0.3, -0.25) is 14.4 Å². The van der Waals surface area contributed by atoms with Crippen molar-refractivity contribution in [3.63, 3.8) is 0 Å². The summed E-state index contributed by atoms with van der Waals surface area (Å²) in [5, 5.41) is 0. The van der Waals surface area contributed by atoms with Crippen LogP contribution < -0.4 is 0 Å². The van der Waals surface area contributed by atoms with Gasteiger partial charge in [-0.1, -0.05) is 233 Å². The van der Waals surface area contributed by atoms with Gasteiger partial charge < -0.3 is 14.2 Å². The average Bonchev–Trinajstić information content (AvgIpc) is 3.17. The maximum absolute atomic E-state index is 13.0. The van der Waals surface area contributed by atoms with Gasteiger partial charge in [0.05, 0.1) is 0 Å². The molecule has 0 N–H and O–H groups in total. The molecule has 0 fully saturated rings. The van der Waals surface area contributed by atoms with Crippen molar-refractivity contribution in [1.29, 1.82) is 0 Å². The highest BCUT2D eigenvalue weighted by atomic mass is 16.6. The van der Waals surface area contributed by atoms with Crippen LogP contribution in [0, 0.1) is 0 Å².